The molecule has 2 aromatic carbocycles. The molecule has 2 atom stereocenters. The fourth-order valence-corrected chi connectivity index (χ4v) is 7.68. The summed E-state index contributed by atoms with van der Waals surface area (Å²) in [5, 5.41) is 9.23. The first-order chi connectivity index (χ1) is 23.3. The van der Waals surface area contributed by atoms with Gasteiger partial charge in [0.05, 0.1) is 23.3 Å². The van der Waals surface area contributed by atoms with E-state index in [4.69, 9.17) is 26.7 Å². The minimum absolute atomic E-state index is 0.000657. The Balaban J connectivity index is 1.17. The molecule has 10 nitrogen and oxygen atoms in total. The molecule has 5 heterocycles. The van der Waals surface area contributed by atoms with Crippen LogP contribution in [0.2, 0.25) is 0 Å². The molecule has 12 heteroatoms. The number of aromatic nitrogens is 3. The van der Waals surface area contributed by atoms with E-state index in [9.17, 15) is 4.39 Å². The maximum absolute atomic E-state index is 16.9. The number of oxime groups is 1. The molecule has 8 rings (SSSR count). The van der Waals surface area contributed by atoms with Crippen LogP contribution in [0.3, 0.4) is 0 Å². The molecular weight excluding hydrogens is 614 g/mol. The highest BCUT2D eigenvalue weighted by molar-refractivity contribution is 6.03. The van der Waals surface area contributed by atoms with Gasteiger partial charge in [0.25, 0.3) is 0 Å². The lowest BCUT2D eigenvalue weighted by Crippen LogP contribution is -2.51. The number of terminal acetylenes is 1. The first-order valence-corrected chi connectivity index (χ1v) is 16.6. The van der Waals surface area contributed by atoms with Crippen molar-refractivity contribution in [3.8, 4) is 29.6 Å². The summed E-state index contributed by atoms with van der Waals surface area (Å²) in [7, 11) is 1.58. The maximum atomic E-state index is 16.9. The second-order valence-corrected chi connectivity index (χ2v) is 13.7. The second kappa shape index (κ2) is 12.1. The number of benzene rings is 2. The van der Waals surface area contributed by atoms with Gasteiger partial charge in [-0.05, 0) is 49.3 Å². The van der Waals surface area contributed by atoms with Crippen LogP contribution in [0.15, 0.2) is 35.6 Å². The number of likely N-dealkylation sites (tertiary alicyclic amines) is 1. The van der Waals surface area contributed by atoms with Crippen molar-refractivity contribution in [2.24, 2.45) is 10.6 Å². The van der Waals surface area contributed by atoms with Crippen LogP contribution in [0, 0.1) is 29.4 Å². The average Bonchev–Trinajstić information content (AvgIpc) is 3.77. The minimum atomic E-state index is -0.666. The van der Waals surface area contributed by atoms with Gasteiger partial charge in [-0.15, -0.1) is 6.42 Å². The number of piperazine rings is 1. The number of ether oxygens (including phenoxy) is 1. The second-order valence-electron chi connectivity index (χ2n) is 13.7. The number of hydrogen-bond acceptors (Lipinski definition) is 10. The summed E-state index contributed by atoms with van der Waals surface area (Å²) in [5.41, 5.74) is 8.11. The molecule has 248 valence electrons. The Kier molecular flexibility index (Phi) is 7.76. The number of nitrogens with one attached hydrogen (secondary N) is 1. The number of rotatable bonds is 8. The lowest BCUT2D eigenvalue weighted by molar-refractivity contribution is 0.151. The molecule has 3 saturated heterocycles. The van der Waals surface area contributed by atoms with Crippen molar-refractivity contribution in [2.45, 2.75) is 50.6 Å². The van der Waals surface area contributed by atoms with Crippen LogP contribution in [0.4, 0.5) is 20.3 Å². The fraction of sp³-hybridized carbons (Fsp3) is 0.444. The zero-order valence-corrected chi connectivity index (χ0v) is 26.9. The lowest BCUT2D eigenvalue weighted by atomic mass is 9.95. The van der Waals surface area contributed by atoms with Crippen molar-refractivity contribution < 1.29 is 18.4 Å². The highest BCUT2D eigenvalue weighted by Gasteiger charge is 2.45. The quantitative estimate of drug-likeness (QED) is 0.156. The summed E-state index contributed by atoms with van der Waals surface area (Å²) in [6, 6.07) is 6.94. The van der Waals surface area contributed by atoms with Crippen LogP contribution >= 0.6 is 0 Å². The molecule has 48 heavy (non-hydrogen) atoms. The number of fused-ring (bicyclic) bond motifs is 4. The van der Waals surface area contributed by atoms with Crippen molar-refractivity contribution in [2.75, 3.05) is 57.1 Å². The van der Waals surface area contributed by atoms with Crippen molar-refractivity contribution in [3.63, 3.8) is 0 Å². The highest BCUT2D eigenvalue weighted by atomic mass is 19.1. The lowest BCUT2D eigenvalue weighted by Gasteiger charge is -2.34. The van der Waals surface area contributed by atoms with E-state index < -0.39 is 11.6 Å². The number of nitrogens with zero attached hydrogens (tertiary/aromatic N) is 6. The third-order valence-electron chi connectivity index (χ3n) is 10.3. The van der Waals surface area contributed by atoms with Gasteiger partial charge in [0, 0.05) is 85.9 Å². The van der Waals surface area contributed by atoms with Gasteiger partial charge in [-0.1, -0.05) is 17.1 Å². The third kappa shape index (κ3) is 5.65. The van der Waals surface area contributed by atoms with Crippen molar-refractivity contribution >= 4 is 38.9 Å². The summed E-state index contributed by atoms with van der Waals surface area (Å²) >= 11 is 0. The van der Waals surface area contributed by atoms with Crippen molar-refractivity contribution in [3.05, 3.63) is 47.7 Å². The molecule has 1 aliphatic carbocycles. The Labute approximate surface area is 277 Å². The maximum Gasteiger partial charge on any atom is 0.319 e. The summed E-state index contributed by atoms with van der Waals surface area (Å²) < 4.78 is 38.1. The molecule has 0 amide bonds. The van der Waals surface area contributed by atoms with E-state index in [1.165, 1.54) is 6.07 Å². The minimum Gasteiger partial charge on any atom is -0.463 e. The van der Waals surface area contributed by atoms with E-state index in [0.29, 0.717) is 51.9 Å². The Morgan fingerprint density at radius 2 is 1.90 bits per heavy atom. The number of hydrogen-bond donors (Lipinski definition) is 2. The zero-order valence-electron chi connectivity index (χ0n) is 26.9. The van der Waals surface area contributed by atoms with Crippen LogP contribution in [-0.2, 0) is 4.84 Å². The molecule has 4 aliphatic rings. The number of nitrogen functional groups attached to an aromatic ring is 1. The van der Waals surface area contributed by atoms with Crippen LogP contribution < -0.4 is 20.7 Å². The van der Waals surface area contributed by atoms with E-state index in [1.807, 2.05) is 0 Å². The average molecular weight is 653 g/mol. The van der Waals surface area contributed by atoms with E-state index in [0.717, 1.165) is 77.0 Å². The molecular formula is C36H38F2N8O2. The van der Waals surface area contributed by atoms with Gasteiger partial charge in [0.1, 0.15) is 30.0 Å². The van der Waals surface area contributed by atoms with Gasteiger partial charge < -0.3 is 30.4 Å². The van der Waals surface area contributed by atoms with Crippen LogP contribution in [0.25, 0.3) is 32.9 Å². The summed E-state index contributed by atoms with van der Waals surface area (Å²) in [6.07, 6.45) is 13.4. The normalized spacial score (nSPS) is 21.8. The van der Waals surface area contributed by atoms with Gasteiger partial charge in [-0.2, -0.15) is 9.97 Å². The van der Waals surface area contributed by atoms with Gasteiger partial charge in [0.2, 0.25) is 0 Å². The van der Waals surface area contributed by atoms with Gasteiger partial charge in [-0.25, -0.2) is 8.78 Å². The van der Waals surface area contributed by atoms with Gasteiger partial charge in [-0.3, -0.25) is 4.98 Å². The Morgan fingerprint density at radius 1 is 1.12 bits per heavy atom. The molecule has 3 N–H and O–H groups in total. The Morgan fingerprint density at radius 3 is 2.60 bits per heavy atom. The number of halogens is 2. The molecule has 2 unspecified atom stereocenters. The van der Waals surface area contributed by atoms with Crippen LogP contribution in [-0.4, -0.2) is 84.1 Å². The number of anilines is 2. The molecule has 2 bridgehead atoms. The largest absolute Gasteiger partial charge is 0.463 e. The predicted octanol–water partition coefficient (Wildman–Crippen LogP) is 4.88. The van der Waals surface area contributed by atoms with Crippen molar-refractivity contribution in [1.82, 2.24) is 25.2 Å². The predicted molar refractivity (Wildman–Crippen MR) is 182 cm³/mol. The number of nitrogens with two attached hydrogens (primary N) is 1. The number of pyridine rings is 1. The molecule has 0 radical (unpaired) electrons. The molecule has 4 fully saturated rings. The van der Waals surface area contributed by atoms with E-state index in [1.54, 1.807) is 31.5 Å². The van der Waals surface area contributed by atoms with Gasteiger partial charge in [0.15, 0.2) is 5.82 Å². The highest BCUT2D eigenvalue weighted by Crippen LogP contribution is 2.47. The summed E-state index contributed by atoms with van der Waals surface area (Å²) in [4.78, 5) is 23.8. The molecule has 0 spiro atoms. The fourth-order valence-electron chi connectivity index (χ4n) is 7.68. The number of piperidine rings is 1. The molecule has 1 saturated carbocycles. The summed E-state index contributed by atoms with van der Waals surface area (Å²) in [6.45, 7) is 4.68. The van der Waals surface area contributed by atoms with Crippen molar-refractivity contribution in [1.29, 1.82) is 0 Å². The molecule has 4 aromatic rings. The Hall–Kier alpha value is -4.60. The van der Waals surface area contributed by atoms with Crippen LogP contribution in [0.1, 0.15) is 44.1 Å². The zero-order chi connectivity index (χ0) is 33.0. The topological polar surface area (TPSA) is 114 Å². The standard InChI is InChI=1S/C36H38F2N8O2/c1-3-26-29(37)7-4-21-14-22(39)15-27(30(21)26)32-31(38)33-28(16-40-32)34(46-17-24-5-6-25(18-46)41-24)43-35(42-33)48-20-36(10-11-36)19-45-12-8-23(9-13-45)44-47-2/h1,4,7,14-16,24-25,41H,5-6,8-13,17-20,39H2,2H3. The third-order valence-corrected chi connectivity index (χ3v) is 10.3. The SMILES string of the molecule is C#Cc1c(F)ccc2cc(N)cc(-c3ncc4c(N5CC6CCC(C5)N6)nc(OCC5(CN6CCC(=NOC)CC6)CC5)nc4c3F)c12. The first-order valence-electron chi connectivity index (χ1n) is 16.6. The van der Waals surface area contributed by atoms with Gasteiger partial charge >= 0.3 is 6.01 Å². The van der Waals surface area contributed by atoms with Crippen LogP contribution in [0.5, 0.6) is 6.01 Å². The summed E-state index contributed by atoms with van der Waals surface area (Å²) in [5.74, 6) is 1.79. The molecule has 3 aliphatic heterocycles. The van der Waals surface area contributed by atoms with E-state index in [2.05, 4.69) is 36.2 Å². The molecule has 2 aromatic heterocycles. The van der Waals surface area contributed by atoms with E-state index >= 15 is 4.39 Å². The van der Waals surface area contributed by atoms with E-state index in [-0.39, 0.29) is 28.2 Å². The monoisotopic (exact) mass is 652 g/mol. The smallest absolute Gasteiger partial charge is 0.319 e. The Bertz CT molecular complexity index is 1970. The first kappa shape index (κ1) is 30.7.